The van der Waals surface area contributed by atoms with Gasteiger partial charge in [0.2, 0.25) is 0 Å². The molecule has 5 nitrogen and oxygen atoms in total. The number of ether oxygens (including phenoxy) is 2. The maximum absolute atomic E-state index is 11.8. The fourth-order valence-electron chi connectivity index (χ4n) is 1.72. The number of carbonyl (C=O) groups is 1. The molecule has 1 aromatic heterocycles. The van der Waals surface area contributed by atoms with Crippen LogP contribution >= 0.6 is 11.6 Å². The molecule has 1 rings (SSSR count). The molecule has 0 aliphatic carbocycles. The average Bonchev–Trinajstić information content (AvgIpc) is 2.66. The Balaban J connectivity index is 2.42. The third-order valence-electron chi connectivity index (χ3n) is 2.82. The Labute approximate surface area is 118 Å². The second-order valence-electron chi connectivity index (χ2n) is 4.26. The van der Waals surface area contributed by atoms with Crippen molar-refractivity contribution in [3.05, 3.63) is 16.4 Å². The lowest BCUT2D eigenvalue weighted by Gasteiger charge is -2.04. The van der Waals surface area contributed by atoms with E-state index in [0.29, 0.717) is 37.7 Å². The molecule has 0 bridgehead atoms. The number of rotatable bonds is 9. The van der Waals surface area contributed by atoms with Crippen LogP contribution in [0.4, 0.5) is 0 Å². The highest BCUT2D eigenvalue weighted by Gasteiger charge is 2.15. The molecule has 0 saturated heterocycles. The smallest absolute Gasteiger partial charge is 0.141 e. The Kier molecular flexibility index (Phi) is 7.05. The van der Waals surface area contributed by atoms with E-state index in [1.165, 1.54) is 0 Å². The Morgan fingerprint density at radius 2 is 2.11 bits per heavy atom. The fraction of sp³-hybridized carbons (Fsp3) is 0.692. The van der Waals surface area contributed by atoms with E-state index in [2.05, 4.69) is 5.10 Å². The molecule has 108 valence electrons. The van der Waals surface area contributed by atoms with Crippen LogP contribution in [0.3, 0.4) is 0 Å². The van der Waals surface area contributed by atoms with Crippen molar-refractivity contribution >= 4 is 17.4 Å². The topological polar surface area (TPSA) is 53.4 Å². The number of carbonyl (C=O) groups excluding carboxylic acids is 1. The Bertz CT molecular complexity index is 418. The molecule has 0 saturated carbocycles. The van der Waals surface area contributed by atoms with E-state index in [1.807, 2.05) is 14.0 Å². The molecule has 0 radical (unpaired) electrons. The van der Waals surface area contributed by atoms with Gasteiger partial charge in [-0.3, -0.25) is 9.48 Å². The minimum absolute atomic E-state index is 0.102. The van der Waals surface area contributed by atoms with Crippen LogP contribution in [0.1, 0.15) is 24.7 Å². The first-order valence-electron chi connectivity index (χ1n) is 6.38. The molecule has 0 atom stereocenters. The average molecular weight is 289 g/mol. The van der Waals surface area contributed by atoms with E-state index < -0.39 is 0 Å². The predicted molar refractivity (Wildman–Crippen MR) is 73.6 cm³/mol. The predicted octanol–water partition coefficient (Wildman–Crippen LogP) is 1.80. The van der Waals surface area contributed by atoms with Gasteiger partial charge in [0, 0.05) is 27.0 Å². The second-order valence-corrected chi connectivity index (χ2v) is 4.63. The third-order valence-corrected chi connectivity index (χ3v) is 3.26. The molecule has 0 aliphatic rings. The van der Waals surface area contributed by atoms with E-state index in [-0.39, 0.29) is 5.78 Å². The molecular weight excluding hydrogens is 268 g/mol. The Morgan fingerprint density at radius 3 is 2.68 bits per heavy atom. The maximum Gasteiger partial charge on any atom is 0.141 e. The molecule has 0 amide bonds. The van der Waals surface area contributed by atoms with E-state index in [1.54, 1.807) is 11.8 Å². The molecule has 0 aromatic carbocycles. The van der Waals surface area contributed by atoms with Gasteiger partial charge in [-0.1, -0.05) is 18.5 Å². The van der Waals surface area contributed by atoms with E-state index in [0.717, 1.165) is 17.8 Å². The van der Waals surface area contributed by atoms with Gasteiger partial charge in [-0.25, -0.2) is 0 Å². The molecule has 1 heterocycles. The molecule has 1 aromatic rings. The number of halogens is 1. The highest BCUT2D eigenvalue weighted by Crippen LogP contribution is 2.21. The van der Waals surface area contributed by atoms with Crippen LogP contribution in [0.2, 0.25) is 5.02 Å². The summed E-state index contributed by atoms with van der Waals surface area (Å²) >= 11 is 6.19. The Hall–Kier alpha value is -0.910. The van der Waals surface area contributed by atoms with Crippen LogP contribution in [-0.4, -0.2) is 42.5 Å². The van der Waals surface area contributed by atoms with Gasteiger partial charge in [0.15, 0.2) is 0 Å². The maximum atomic E-state index is 11.8. The summed E-state index contributed by atoms with van der Waals surface area (Å²) in [7, 11) is 3.42. The summed E-state index contributed by atoms with van der Waals surface area (Å²) in [6.45, 7) is 3.46. The van der Waals surface area contributed by atoms with Crippen LogP contribution in [0.25, 0.3) is 0 Å². The van der Waals surface area contributed by atoms with Gasteiger partial charge < -0.3 is 9.47 Å². The molecule has 0 aliphatic heterocycles. The van der Waals surface area contributed by atoms with Crippen molar-refractivity contribution in [1.29, 1.82) is 0 Å². The fourth-order valence-corrected chi connectivity index (χ4v) is 2.08. The third kappa shape index (κ3) is 4.93. The van der Waals surface area contributed by atoms with E-state index >= 15 is 0 Å². The zero-order chi connectivity index (χ0) is 14.3. The van der Waals surface area contributed by atoms with Gasteiger partial charge >= 0.3 is 0 Å². The zero-order valence-electron chi connectivity index (χ0n) is 11.7. The minimum atomic E-state index is 0.102. The van der Waals surface area contributed by atoms with Crippen molar-refractivity contribution in [3.63, 3.8) is 0 Å². The van der Waals surface area contributed by atoms with Crippen LogP contribution in [0, 0.1) is 0 Å². The monoisotopic (exact) mass is 288 g/mol. The number of hydrogen-bond acceptors (Lipinski definition) is 4. The minimum Gasteiger partial charge on any atom is -0.382 e. The first kappa shape index (κ1) is 16.1. The molecule has 0 fully saturated rings. The van der Waals surface area contributed by atoms with Crippen molar-refractivity contribution in [3.8, 4) is 0 Å². The van der Waals surface area contributed by atoms with Gasteiger partial charge in [0.05, 0.1) is 36.2 Å². The lowest BCUT2D eigenvalue weighted by atomic mass is 10.1. The van der Waals surface area contributed by atoms with Gasteiger partial charge in [-0.05, 0) is 6.42 Å². The van der Waals surface area contributed by atoms with Crippen LogP contribution in [0.5, 0.6) is 0 Å². The van der Waals surface area contributed by atoms with Crippen molar-refractivity contribution < 1.29 is 14.3 Å². The van der Waals surface area contributed by atoms with Crippen molar-refractivity contribution in [2.75, 3.05) is 26.9 Å². The van der Waals surface area contributed by atoms with Crippen LogP contribution in [0.15, 0.2) is 0 Å². The summed E-state index contributed by atoms with van der Waals surface area (Å²) in [5, 5.41) is 4.90. The number of Topliss-reactive ketones (excluding diaryl/α,β-unsaturated/α-hetero) is 1. The first-order valence-corrected chi connectivity index (χ1v) is 6.76. The van der Waals surface area contributed by atoms with Gasteiger partial charge in [0.25, 0.3) is 0 Å². The van der Waals surface area contributed by atoms with Gasteiger partial charge in [-0.2, -0.15) is 5.10 Å². The van der Waals surface area contributed by atoms with Crippen LogP contribution < -0.4 is 0 Å². The summed E-state index contributed by atoms with van der Waals surface area (Å²) < 4.78 is 11.8. The first-order chi connectivity index (χ1) is 9.10. The molecular formula is C13H21ClN2O3. The molecule has 0 unspecified atom stereocenters. The molecule has 0 spiro atoms. The van der Waals surface area contributed by atoms with Crippen molar-refractivity contribution in [2.24, 2.45) is 7.05 Å². The summed E-state index contributed by atoms with van der Waals surface area (Å²) in [4.78, 5) is 11.8. The normalized spacial score (nSPS) is 10.9. The largest absolute Gasteiger partial charge is 0.382 e. The zero-order valence-corrected chi connectivity index (χ0v) is 12.5. The number of aryl methyl sites for hydroxylation is 2. The number of hydrogen-bond donors (Lipinski definition) is 0. The standard InChI is InChI=1S/C13H21ClN2O3/c1-4-11-13(14)12(16(2)15-11)9-10(17)5-6-19-8-7-18-3/h4-9H2,1-3H3. The molecule has 0 N–H and O–H groups in total. The summed E-state index contributed by atoms with van der Waals surface area (Å²) in [6.07, 6.45) is 1.45. The lowest BCUT2D eigenvalue weighted by molar-refractivity contribution is -0.119. The number of nitrogens with zero attached hydrogens (tertiary/aromatic N) is 2. The number of aromatic nitrogens is 2. The summed E-state index contributed by atoms with van der Waals surface area (Å²) in [5.74, 6) is 0.102. The van der Waals surface area contributed by atoms with Crippen molar-refractivity contribution in [1.82, 2.24) is 9.78 Å². The quantitative estimate of drug-likeness (QED) is 0.650. The highest BCUT2D eigenvalue weighted by molar-refractivity contribution is 6.32. The highest BCUT2D eigenvalue weighted by atomic mass is 35.5. The van der Waals surface area contributed by atoms with Gasteiger partial charge in [0.1, 0.15) is 5.78 Å². The SMILES string of the molecule is CCc1nn(C)c(CC(=O)CCOCCOC)c1Cl. The number of methoxy groups -OCH3 is 1. The summed E-state index contributed by atoms with van der Waals surface area (Å²) in [6, 6.07) is 0. The van der Waals surface area contributed by atoms with E-state index in [4.69, 9.17) is 21.1 Å². The second kappa shape index (κ2) is 8.30. The molecule has 6 heteroatoms. The Morgan fingerprint density at radius 1 is 1.37 bits per heavy atom. The summed E-state index contributed by atoms with van der Waals surface area (Å²) in [5.41, 5.74) is 1.61. The number of ketones is 1. The van der Waals surface area contributed by atoms with Crippen molar-refractivity contribution in [2.45, 2.75) is 26.2 Å². The van der Waals surface area contributed by atoms with Crippen LogP contribution in [-0.2, 0) is 34.2 Å². The molecule has 19 heavy (non-hydrogen) atoms. The van der Waals surface area contributed by atoms with E-state index in [9.17, 15) is 4.79 Å². The lowest BCUT2D eigenvalue weighted by Crippen LogP contribution is -2.12. The van der Waals surface area contributed by atoms with Gasteiger partial charge in [-0.15, -0.1) is 0 Å².